The van der Waals surface area contributed by atoms with Gasteiger partial charge in [0, 0.05) is 42.5 Å². The van der Waals surface area contributed by atoms with Crippen LogP contribution in [0.5, 0.6) is 0 Å². The molecule has 2 fully saturated rings. The quantitative estimate of drug-likeness (QED) is 0.409. The predicted octanol–water partition coefficient (Wildman–Crippen LogP) is 4.81. The van der Waals surface area contributed by atoms with Gasteiger partial charge in [-0.3, -0.25) is 9.69 Å². The molecule has 1 aliphatic carbocycles. The zero-order chi connectivity index (χ0) is 25.5. The lowest BCUT2D eigenvalue weighted by Crippen LogP contribution is -2.49. The van der Waals surface area contributed by atoms with Crippen molar-refractivity contribution in [2.75, 3.05) is 31.1 Å². The monoisotopic (exact) mass is 517 g/mol. The Morgan fingerprint density at radius 2 is 1.78 bits per heavy atom. The number of para-hydroxylation sites is 1. The molecule has 8 nitrogen and oxygen atoms in total. The largest absolute Gasteiger partial charge is 0.369 e. The summed E-state index contributed by atoms with van der Waals surface area (Å²) in [5.41, 5.74) is 4.92. The van der Waals surface area contributed by atoms with E-state index in [1.165, 1.54) is 24.1 Å². The number of aromatic nitrogens is 5. The molecule has 1 saturated heterocycles. The fourth-order valence-corrected chi connectivity index (χ4v) is 6.20. The van der Waals surface area contributed by atoms with Gasteiger partial charge in [-0.2, -0.15) is 0 Å². The van der Waals surface area contributed by atoms with Crippen molar-refractivity contribution in [1.29, 1.82) is 0 Å². The molecule has 9 heteroatoms. The molecule has 1 unspecified atom stereocenters. The van der Waals surface area contributed by atoms with Crippen LogP contribution in [0.1, 0.15) is 60.3 Å². The van der Waals surface area contributed by atoms with Crippen LogP contribution in [0.15, 0.2) is 47.3 Å². The maximum atomic E-state index is 13.6. The number of anilines is 1. The molecule has 2 aromatic carbocycles. The lowest BCUT2D eigenvalue weighted by molar-refractivity contribution is 0.197. The van der Waals surface area contributed by atoms with Crippen molar-refractivity contribution in [3.8, 4) is 0 Å². The lowest BCUT2D eigenvalue weighted by Gasteiger charge is -2.40. The summed E-state index contributed by atoms with van der Waals surface area (Å²) in [5, 5.41) is 14.8. The molecular weight excluding hydrogens is 486 g/mol. The lowest BCUT2D eigenvalue weighted by atomic mass is 10.0. The number of aryl methyl sites for hydroxylation is 2. The van der Waals surface area contributed by atoms with Crippen LogP contribution in [-0.4, -0.2) is 56.3 Å². The predicted molar refractivity (Wildman–Crippen MR) is 146 cm³/mol. The number of hydrogen-bond donors (Lipinski definition) is 1. The van der Waals surface area contributed by atoms with Gasteiger partial charge < -0.3 is 9.88 Å². The van der Waals surface area contributed by atoms with E-state index in [1.54, 1.807) is 0 Å². The second-order valence-electron chi connectivity index (χ2n) is 10.4. The van der Waals surface area contributed by atoms with E-state index in [2.05, 4.69) is 49.4 Å². The highest BCUT2D eigenvalue weighted by Crippen LogP contribution is 2.35. The first-order valence-electron chi connectivity index (χ1n) is 13.1. The van der Waals surface area contributed by atoms with Crippen molar-refractivity contribution in [2.24, 2.45) is 0 Å². The molecule has 0 amide bonds. The van der Waals surface area contributed by atoms with E-state index in [0.717, 1.165) is 66.3 Å². The van der Waals surface area contributed by atoms with Crippen molar-refractivity contribution in [1.82, 2.24) is 30.1 Å². The highest BCUT2D eigenvalue weighted by molar-refractivity contribution is 6.30. The maximum absolute atomic E-state index is 13.6. The van der Waals surface area contributed by atoms with E-state index >= 15 is 0 Å². The van der Waals surface area contributed by atoms with Gasteiger partial charge >= 0.3 is 0 Å². The SMILES string of the molecule is Cc1ccc(Cl)cc1N1CCN(C(c2cc3cccc(C)c3[nH]c2=O)c2nnnn2C2CCCC2)CC1. The number of rotatable bonds is 5. The Balaban J connectivity index is 1.39. The Kier molecular flexibility index (Phi) is 6.46. The van der Waals surface area contributed by atoms with Crippen LogP contribution in [0.4, 0.5) is 5.69 Å². The van der Waals surface area contributed by atoms with Gasteiger partial charge in [0.1, 0.15) is 6.04 Å². The zero-order valence-corrected chi connectivity index (χ0v) is 22.1. The summed E-state index contributed by atoms with van der Waals surface area (Å²) in [6.07, 6.45) is 4.50. The van der Waals surface area contributed by atoms with Crippen LogP contribution >= 0.6 is 11.6 Å². The Morgan fingerprint density at radius 3 is 2.57 bits per heavy atom. The van der Waals surface area contributed by atoms with Gasteiger partial charge in [-0.1, -0.05) is 48.7 Å². The van der Waals surface area contributed by atoms with Crippen molar-refractivity contribution < 1.29 is 0 Å². The first-order valence-corrected chi connectivity index (χ1v) is 13.5. The summed E-state index contributed by atoms with van der Waals surface area (Å²) in [5.74, 6) is 0.761. The molecule has 0 bridgehead atoms. The third-order valence-electron chi connectivity index (χ3n) is 8.04. The van der Waals surface area contributed by atoms with Crippen LogP contribution in [0, 0.1) is 13.8 Å². The number of pyridine rings is 1. The van der Waals surface area contributed by atoms with Crippen molar-refractivity contribution >= 4 is 28.2 Å². The van der Waals surface area contributed by atoms with Gasteiger partial charge in [0.15, 0.2) is 5.82 Å². The van der Waals surface area contributed by atoms with Gasteiger partial charge in [-0.05, 0) is 71.8 Å². The van der Waals surface area contributed by atoms with Crippen LogP contribution in [0.3, 0.4) is 0 Å². The van der Waals surface area contributed by atoms with Gasteiger partial charge in [-0.25, -0.2) is 4.68 Å². The highest BCUT2D eigenvalue weighted by atomic mass is 35.5. The highest BCUT2D eigenvalue weighted by Gasteiger charge is 2.35. The van der Waals surface area contributed by atoms with Crippen LogP contribution in [0.25, 0.3) is 10.9 Å². The number of halogens is 1. The smallest absolute Gasteiger partial charge is 0.253 e. The molecule has 3 heterocycles. The number of aromatic amines is 1. The maximum Gasteiger partial charge on any atom is 0.253 e. The Hall–Kier alpha value is -3.23. The minimum atomic E-state index is -0.327. The molecule has 6 rings (SSSR count). The van der Waals surface area contributed by atoms with Crippen molar-refractivity contribution in [3.05, 3.63) is 80.4 Å². The summed E-state index contributed by atoms with van der Waals surface area (Å²) in [7, 11) is 0. The fraction of sp³-hybridized carbons (Fsp3) is 0.429. The summed E-state index contributed by atoms with van der Waals surface area (Å²) in [4.78, 5) is 21.5. The first-order chi connectivity index (χ1) is 18.0. The average molecular weight is 518 g/mol. The summed E-state index contributed by atoms with van der Waals surface area (Å²) < 4.78 is 1.99. The van der Waals surface area contributed by atoms with Crippen molar-refractivity contribution in [2.45, 2.75) is 51.6 Å². The zero-order valence-electron chi connectivity index (χ0n) is 21.3. The molecule has 0 radical (unpaired) electrons. The molecule has 0 spiro atoms. The standard InChI is InChI=1S/C28H32ClN7O/c1-18-10-11-21(29)17-24(18)34-12-14-35(15-13-34)26(27-31-32-33-36(27)22-8-3-4-9-22)23-16-20-7-5-6-19(2)25(20)30-28(23)37/h5-7,10-11,16-17,22,26H,3-4,8-9,12-15H2,1-2H3,(H,30,37). The van der Waals surface area contributed by atoms with Gasteiger partial charge in [0.25, 0.3) is 5.56 Å². The average Bonchev–Trinajstić information content (AvgIpc) is 3.60. The van der Waals surface area contributed by atoms with Crippen LogP contribution in [-0.2, 0) is 0 Å². The second-order valence-corrected chi connectivity index (χ2v) is 10.8. The third kappa shape index (κ3) is 4.53. The molecule has 37 heavy (non-hydrogen) atoms. The molecule has 1 N–H and O–H groups in total. The number of nitrogens with one attached hydrogen (secondary N) is 1. The molecule has 1 aliphatic heterocycles. The van der Waals surface area contributed by atoms with E-state index < -0.39 is 0 Å². The number of H-pyrrole nitrogens is 1. The molecule has 1 saturated carbocycles. The van der Waals surface area contributed by atoms with Gasteiger partial charge in [0.05, 0.1) is 11.6 Å². The number of fused-ring (bicyclic) bond motifs is 1. The summed E-state index contributed by atoms with van der Waals surface area (Å²) >= 11 is 6.32. The minimum Gasteiger partial charge on any atom is -0.369 e. The summed E-state index contributed by atoms with van der Waals surface area (Å²) in [6, 6.07) is 14.1. The van der Waals surface area contributed by atoms with E-state index in [4.69, 9.17) is 11.6 Å². The number of benzene rings is 2. The topological polar surface area (TPSA) is 82.9 Å². The number of nitrogens with zero attached hydrogens (tertiary/aromatic N) is 6. The van der Waals surface area contributed by atoms with Gasteiger partial charge in [-0.15, -0.1) is 5.10 Å². The Labute approximate surface area is 221 Å². The van der Waals surface area contributed by atoms with Gasteiger partial charge in [0.2, 0.25) is 0 Å². The van der Waals surface area contributed by atoms with Crippen molar-refractivity contribution in [3.63, 3.8) is 0 Å². The van der Waals surface area contributed by atoms with E-state index in [0.29, 0.717) is 5.56 Å². The second kappa shape index (κ2) is 9.91. The van der Waals surface area contributed by atoms with Crippen LogP contribution < -0.4 is 10.5 Å². The number of tetrazole rings is 1. The Morgan fingerprint density at radius 1 is 1.00 bits per heavy atom. The molecule has 2 aliphatic rings. The normalized spacial score (nSPS) is 18.1. The molecular formula is C28H32ClN7O. The van der Waals surface area contributed by atoms with E-state index in [9.17, 15) is 4.79 Å². The Bertz CT molecular complexity index is 1480. The number of hydrogen-bond acceptors (Lipinski definition) is 6. The fourth-order valence-electron chi connectivity index (χ4n) is 6.04. The number of piperazine rings is 1. The first kappa shape index (κ1) is 24.1. The van der Waals surface area contributed by atoms with E-state index in [1.807, 2.05) is 41.9 Å². The molecule has 1 atom stereocenters. The molecule has 4 aromatic rings. The molecule has 192 valence electrons. The molecule has 2 aromatic heterocycles. The van der Waals surface area contributed by atoms with E-state index in [-0.39, 0.29) is 17.6 Å². The van der Waals surface area contributed by atoms with Crippen LogP contribution in [0.2, 0.25) is 5.02 Å². The minimum absolute atomic E-state index is 0.0825. The summed E-state index contributed by atoms with van der Waals surface area (Å²) in [6.45, 7) is 7.35. The third-order valence-corrected chi connectivity index (χ3v) is 8.27.